The number of thiazole rings is 1. The minimum absolute atomic E-state index is 1.14. The summed E-state index contributed by atoms with van der Waals surface area (Å²) in [5.41, 5.74) is 1.14. The van der Waals surface area contributed by atoms with Gasteiger partial charge in [0.05, 0.1) is 15.2 Å². The highest BCUT2D eigenvalue weighted by molar-refractivity contribution is 9.10. The van der Waals surface area contributed by atoms with Crippen molar-refractivity contribution in [3.05, 3.63) is 27.7 Å². The third-order valence-electron chi connectivity index (χ3n) is 2.89. The molecule has 0 aliphatic heterocycles. The minimum atomic E-state index is 1.14. The van der Waals surface area contributed by atoms with Crippen LogP contribution in [-0.4, -0.2) is 4.98 Å². The maximum Gasteiger partial charge on any atom is 0.0938 e. The van der Waals surface area contributed by atoms with Crippen LogP contribution in [0.25, 0.3) is 10.2 Å². The lowest BCUT2D eigenvalue weighted by Crippen LogP contribution is -1.84. The minimum Gasteiger partial charge on any atom is -0.241 e. The lowest BCUT2D eigenvalue weighted by atomic mass is 10.1. The molecule has 2 rings (SSSR count). The van der Waals surface area contributed by atoms with Crippen molar-refractivity contribution < 1.29 is 0 Å². The SMILES string of the molecule is CCCCCCCc1nc2ccc(Br)cc2s1. The van der Waals surface area contributed by atoms with E-state index in [4.69, 9.17) is 0 Å². The van der Waals surface area contributed by atoms with Crippen molar-refractivity contribution in [1.29, 1.82) is 0 Å². The van der Waals surface area contributed by atoms with E-state index in [9.17, 15) is 0 Å². The molecule has 3 heteroatoms. The van der Waals surface area contributed by atoms with Gasteiger partial charge in [-0.3, -0.25) is 0 Å². The summed E-state index contributed by atoms with van der Waals surface area (Å²) >= 11 is 5.34. The molecule has 0 radical (unpaired) electrons. The Balaban J connectivity index is 1.91. The van der Waals surface area contributed by atoms with E-state index >= 15 is 0 Å². The summed E-state index contributed by atoms with van der Waals surface area (Å²) in [7, 11) is 0. The Hall–Kier alpha value is -0.410. The standard InChI is InChI=1S/C14H18BrNS/c1-2-3-4-5-6-7-14-16-12-9-8-11(15)10-13(12)17-14/h8-10H,2-7H2,1H3. The molecule has 1 aromatic carbocycles. The molecule has 0 spiro atoms. The van der Waals surface area contributed by atoms with Gasteiger partial charge < -0.3 is 0 Å². The van der Waals surface area contributed by atoms with E-state index in [1.54, 1.807) is 0 Å². The number of halogens is 1. The molecule has 0 fully saturated rings. The Kier molecular flexibility index (Phi) is 4.99. The molecule has 1 nitrogen and oxygen atoms in total. The molecule has 0 unspecified atom stereocenters. The first-order valence-corrected chi connectivity index (χ1v) is 7.95. The third kappa shape index (κ3) is 3.78. The highest BCUT2D eigenvalue weighted by Crippen LogP contribution is 2.26. The van der Waals surface area contributed by atoms with Crippen molar-refractivity contribution in [2.45, 2.75) is 45.4 Å². The van der Waals surface area contributed by atoms with Crippen molar-refractivity contribution in [3.63, 3.8) is 0 Å². The number of hydrogen-bond donors (Lipinski definition) is 0. The lowest BCUT2D eigenvalue weighted by molar-refractivity contribution is 0.631. The zero-order chi connectivity index (χ0) is 12.1. The third-order valence-corrected chi connectivity index (χ3v) is 4.46. The highest BCUT2D eigenvalue weighted by atomic mass is 79.9. The van der Waals surface area contributed by atoms with Crippen LogP contribution in [0.1, 0.15) is 44.0 Å². The van der Waals surface area contributed by atoms with Crippen LogP contribution in [-0.2, 0) is 6.42 Å². The van der Waals surface area contributed by atoms with Crippen LogP contribution >= 0.6 is 27.3 Å². The van der Waals surface area contributed by atoms with Crippen molar-refractivity contribution in [1.82, 2.24) is 4.98 Å². The summed E-state index contributed by atoms with van der Waals surface area (Å²) in [6.45, 7) is 2.26. The molecule has 0 saturated heterocycles. The van der Waals surface area contributed by atoms with Gasteiger partial charge in [0.2, 0.25) is 0 Å². The Morgan fingerprint density at radius 3 is 2.82 bits per heavy atom. The Morgan fingerprint density at radius 2 is 2.00 bits per heavy atom. The zero-order valence-corrected chi connectivity index (χ0v) is 12.6. The van der Waals surface area contributed by atoms with E-state index in [1.165, 1.54) is 41.8 Å². The van der Waals surface area contributed by atoms with Gasteiger partial charge in [-0.15, -0.1) is 11.3 Å². The van der Waals surface area contributed by atoms with Crippen LogP contribution in [0.4, 0.5) is 0 Å². The molecule has 0 amide bonds. The quantitative estimate of drug-likeness (QED) is 0.635. The zero-order valence-electron chi connectivity index (χ0n) is 10.2. The van der Waals surface area contributed by atoms with Crippen LogP contribution in [0.3, 0.4) is 0 Å². The largest absolute Gasteiger partial charge is 0.241 e. The second-order valence-electron chi connectivity index (χ2n) is 4.38. The number of fused-ring (bicyclic) bond motifs is 1. The van der Waals surface area contributed by atoms with E-state index in [-0.39, 0.29) is 0 Å². The van der Waals surface area contributed by atoms with Crippen LogP contribution in [0.5, 0.6) is 0 Å². The number of aryl methyl sites for hydroxylation is 1. The molecule has 1 aromatic heterocycles. The second-order valence-corrected chi connectivity index (χ2v) is 6.41. The fraction of sp³-hybridized carbons (Fsp3) is 0.500. The van der Waals surface area contributed by atoms with Gasteiger partial charge in [-0.1, -0.05) is 48.5 Å². The first kappa shape index (κ1) is 13.0. The fourth-order valence-corrected chi connectivity index (χ4v) is 3.49. The average molecular weight is 312 g/mol. The van der Waals surface area contributed by atoms with E-state index < -0.39 is 0 Å². The Morgan fingerprint density at radius 1 is 1.18 bits per heavy atom. The summed E-state index contributed by atoms with van der Waals surface area (Å²) in [5, 5.41) is 1.29. The molecule has 92 valence electrons. The molecular weight excluding hydrogens is 294 g/mol. The number of rotatable bonds is 6. The van der Waals surface area contributed by atoms with Gasteiger partial charge in [0.1, 0.15) is 0 Å². The maximum absolute atomic E-state index is 4.67. The van der Waals surface area contributed by atoms with E-state index in [2.05, 4.69) is 46.0 Å². The van der Waals surface area contributed by atoms with Gasteiger partial charge >= 0.3 is 0 Å². The molecule has 1 heterocycles. The number of nitrogens with zero attached hydrogens (tertiary/aromatic N) is 1. The van der Waals surface area contributed by atoms with E-state index in [0.717, 1.165) is 16.4 Å². The summed E-state index contributed by atoms with van der Waals surface area (Å²) in [6, 6.07) is 6.32. The predicted molar refractivity (Wildman–Crippen MR) is 79.8 cm³/mol. The molecule has 0 aliphatic carbocycles. The van der Waals surface area contributed by atoms with Crippen LogP contribution in [0, 0.1) is 0 Å². The van der Waals surface area contributed by atoms with Crippen LogP contribution in [0.15, 0.2) is 22.7 Å². The van der Waals surface area contributed by atoms with Gasteiger partial charge in [0, 0.05) is 4.47 Å². The van der Waals surface area contributed by atoms with Crippen molar-refractivity contribution in [2.75, 3.05) is 0 Å². The van der Waals surface area contributed by atoms with E-state index in [1.807, 2.05) is 11.3 Å². The lowest BCUT2D eigenvalue weighted by Gasteiger charge is -1.96. The number of aromatic nitrogens is 1. The molecule has 0 N–H and O–H groups in total. The number of hydrogen-bond acceptors (Lipinski definition) is 2. The Labute approximate surface area is 115 Å². The van der Waals surface area contributed by atoms with Gasteiger partial charge in [-0.25, -0.2) is 4.98 Å². The topological polar surface area (TPSA) is 12.9 Å². The summed E-state index contributed by atoms with van der Waals surface area (Å²) < 4.78 is 2.44. The van der Waals surface area contributed by atoms with Crippen molar-refractivity contribution in [2.24, 2.45) is 0 Å². The smallest absolute Gasteiger partial charge is 0.0938 e. The molecule has 0 saturated carbocycles. The van der Waals surface area contributed by atoms with Gasteiger partial charge in [0.15, 0.2) is 0 Å². The monoisotopic (exact) mass is 311 g/mol. The molecule has 0 atom stereocenters. The average Bonchev–Trinajstić information content (AvgIpc) is 2.70. The molecule has 2 aromatic rings. The maximum atomic E-state index is 4.67. The van der Waals surface area contributed by atoms with Crippen molar-refractivity contribution >= 4 is 37.5 Å². The van der Waals surface area contributed by atoms with E-state index in [0.29, 0.717) is 0 Å². The van der Waals surface area contributed by atoms with Crippen molar-refractivity contribution in [3.8, 4) is 0 Å². The molecule has 0 bridgehead atoms. The number of unbranched alkanes of at least 4 members (excludes halogenated alkanes) is 4. The Bertz CT molecular complexity index is 478. The van der Waals surface area contributed by atoms with Gasteiger partial charge in [0.25, 0.3) is 0 Å². The first-order chi connectivity index (χ1) is 8.29. The predicted octanol–water partition coefficient (Wildman–Crippen LogP) is 5.57. The van der Waals surface area contributed by atoms with Gasteiger partial charge in [-0.2, -0.15) is 0 Å². The number of benzene rings is 1. The summed E-state index contributed by atoms with van der Waals surface area (Å²) in [6.07, 6.45) is 7.81. The normalized spacial score (nSPS) is 11.2. The molecular formula is C14H18BrNS. The first-order valence-electron chi connectivity index (χ1n) is 6.34. The highest BCUT2D eigenvalue weighted by Gasteiger charge is 2.03. The summed E-state index contributed by atoms with van der Waals surface area (Å²) in [4.78, 5) is 4.67. The molecule has 0 aliphatic rings. The van der Waals surface area contributed by atoms with Crippen LogP contribution < -0.4 is 0 Å². The fourth-order valence-electron chi connectivity index (χ4n) is 1.93. The molecule has 17 heavy (non-hydrogen) atoms. The summed E-state index contributed by atoms with van der Waals surface area (Å²) in [5.74, 6) is 0. The second kappa shape index (κ2) is 6.50. The van der Waals surface area contributed by atoms with Crippen LogP contribution in [0.2, 0.25) is 0 Å². The van der Waals surface area contributed by atoms with Gasteiger partial charge in [-0.05, 0) is 31.0 Å².